The summed E-state index contributed by atoms with van der Waals surface area (Å²) in [7, 11) is -3.36. The highest BCUT2D eigenvalue weighted by Gasteiger charge is 2.29. The van der Waals surface area contributed by atoms with Gasteiger partial charge in [0, 0.05) is 19.6 Å². The number of piperidine rings is 1. The van der Waals surface area contributed by atoms with E-state index in [0.29, 0.717) is 24.6 Å². The quantitative estimate of drug-likeness (QED) is 0.801. The second-order valence-electron chi connectivity index (χ2n) is 7.44. The lowest BCUT2D eigenvalue weighted by Crippen LogP contribution is -2.42. The molecule has 1 aromatic carbocycles. The van der Waals surface area contributed by atoms with E-state index in [0.717, 1.165) is 19.4 Å². The van der Waals surface area contributed by atoms with Crippen molar-refractivity contribution in [2.24, 2.45) is 5.92 Å². The first-order chi connectivity index (χ1) is 12.0. The Labute approximate surface area is 151 Å². The zero-order valence-corrected chi connectivity index (χ0v) is 15.7. The Hall–Kier alpha value is -0.980. The highest BCUT2D eigenvalue weighted by molar-refractivity contribution is 7.88. The van der Waals surface area contributed by atoms with Crippen molar-refractivity contribution in [1.29, 1.82) is 0 Å². The van der Waals surface area contributed by atoms with E-state index in [4.69, 9.17) is 0 Å². The van der Waals surface area contributed by atoms with Crippen molar-refractivity contribution in [2.75, 3.05) is 32.7 Å². The van der Waals surface area contributed by atoms with Gasteiger partial charge in [0.25, 0.3) is 0 Å². The molecule has 2 aliphatic heterocycles. The Bertz CT molecular complexity index is 649. The first kappa shape index (κ1) is 18.8. The maximum absolute atomic E-state index is 13.3. The fourth-order valence-corrected chi connectivity index (χ4v) is 5.53. The van der Waals surface area contributed by atoms with Crippen molar-refractivity contribution in [1.82, 2.24) is 9.21 Å². The van der Waals surface area contributed by atoms with E-state index in [1.807, 2.05) is 0 Å². The Kier molecular flexibility index (Phi) is 6.47. The van der Waals surface area contributed by atoms with Crippen molar-refractivity contribution in [3.8, 4) is 0 Å². The summed E-state index contributed by atoms with van der Waals surface area (Å²) < 4.78 is 40.1. The molecule has 0 saturated carbocycles. The molecule has 4 nitrogen and oxygen atoms in total. The molecule has 0 aromatic heterocycles. The molecule has 0 amide bonds. The predicted molar refractivity (Wildman–Crippen MR) is 98.2 cm³/mol. The Balaban J connectivity index is 1.50. The molecule has 6 heteroatoms. The van der Waals surface area contributed by atoms with Crippen LogP contribution in [0.15, 0.2) is 24.3 Å². The number of halogens is 1. The number of benzene rings is 1. The van der Waals surface area contributed by atoms with Gasteiger partial charge in [0.1, 0.15) is 5.82 Å². The molecule has 0 radical (unpaired) electrons. The standard InChI is InChI=1S/C19H29FN2O2S/c20-19-7-5-6-18(14-19)16-25(23,24)22-12-8-17(9-13-22)15-21-10-3-1-2-4-11-21/h5-7,14,17H,1-4,8-13,15-16H2. The lowest BCUT2D eigenvalue weighted by molar-refractivity contribution is 0.186. The fourth-order valence-electron chi connectivity index (χ4n) is 3.98. The van der Waals surface area contributed by atoms with Crippen LogP contribution in [0.3, 0.4) is 0 Å². The number of hydrogen-bond donors (Lipinski definition) is 0. The molecule has 140 valence electrons. The summed E-state index contributed by atoms with van der Waals surface area (Å²) in [4.78, 5) is 2.56. The lowest BCUT2D eigenvalue weighted by atomic mass is 9.97. The van der Waals surface area contributed by atoms with Crippen molar-refractivity contribution in [3.63, 3.8) is 0 Å². The van der Waals surface area contributed by atoms with E-state index in [1.54, 1.807) is 16.4 Å². The van der Waals surface area contributed by atoms with Crippen LogP contribution in [0.1, 0.15) is 44.1 Å². The maximum atomic E-state index is 13.3. The van der Waals surface area contributed by atoms with Gasteiger partial charge in [-0.05, 0) is 62.4 Å². The summed E-state index contributed by atoms with van der Waals surface area (Å²) in [6.07, 6.45) is 7.13. The van der Waals surface area contributed by atoms with Crippen molar-refractivity contribution in [3.05, 3.63) is 35.6 Å². The van der Waals surface area contributed by atoms with Gasteiger partial charge in [-0.2, -0.15) is 0 Å². The van der Waals surface area contributed by atoms with E-state index in [9.17, 15) is 12.8 Å². The zero-order valence-electron chi connectivity index (χ0n) is 14.9. The number of hydrogen-bond acceptors (Lipinski definition) is 3. The van der Waals surface area contributed by atoms with Crippen molar-refractivity contribution >= 4 is 10.0 Å². The molecule has 0 aliphatic carbocycles. The minimum atomic E-state index is -3.36. The first-order valence-corrected chi connectivity index (χ1v) is 11.1. The molecular weight excluding hydrogens is 339 g/mol. The second kappa shape index (κ2) is 8.60. The van der Waals surface area contributed by atoms with Crippen molar-refractivity contribution < 1.29 is 12.8 Å². The van der Waals surface area contributed by atoms with Gasteiger partial charge < -0.3 is 4.90 Å². The third-order valence-electron chi connectivity index (χ3n) is 5.42. The molecule has 2 saturated heterocycles. The van der Waals surface area contributed by atoms with Crippen LogP contribution in [0, 0.1) is 11.7 Å². The van der Waals surface area contributed by atoms with E-state index in [1.165, 1.54) is 50.9 Å². The summed E-state index contributed by atoms with van der Waals surface area (Å²) in [6, 6.07) is 5.88. The van der Waals surface area contributed by atoms with Crippen LogP contribution in [-0.2, 0) is 15.8 Å². The number of nitrogens with zero attached hydrogens (tertiary/aromatic N) is 2. The molecule has 3 rings (SSSR count). The molecule has 2 fully saturated rings. The van der Waals surface area contributed by atoms with Crippen LogP contribution < -0.4 is 0 Å². The van der Waals surface area contributed by atoms with Crippen LogP contribution in [0.2, 0.25) is 0 Å². The zero-order chi connectivity index (χ0) is 17.7. The topological polar surface area (TPSA) is 40.6 Å². The average molecular weight is 369 g/mol. The van der Waals surface area contributed by atoms with Gasteiger partial charge in [0.05, 0.1) is 5.75 Å². The first-order valence-electron chi connectivity index (χ1n) is 9.47. The second-order valence-corrected chi connectivity index (χ2v) is 9.41. The van der Waals surface area contributed by atoms with E-state index in [-0.39, 0.29) is 11.6 Å². The predicted octanol–water partition coefficient (Wildman–Crippen LogP) is 3.24. The largest absolute Gasteiger partial charge is 0.303 e. The lowest BCUT2D eigenvalue weighted by Gasteiger charge is -2.34. The van der Waals surface area contributed by atoms with Gasteiger partial charge in [-0.1, -0.05) is 25.0 Å². The van der Waals surface area contributed by atoms with Crippen LogP contribution in [-0.4, -0.2) is 50.3 Å². The summed E-state index contributed by atoms with van der Waals surface area (Å²) >= 11 is 0. The van der Waals surface area contributed by atoms with E-state index in [2.05, 4.69) is 4.90 Å². The molecule has 0 spiro atoms. The van der Waals surface area contributed by atoms with Crippen LogP contribution in [0.25, 0.3) is 0 Å². The van der Waals surface area contributed by atoms with Crippen molar-refractivity contribution in [2.45, 2.75) is 44.3 Å². The Morgan fingerprint density at radius 2 is 1.68 bits per heavy atom. The molecule has 1 aromatic rings. The molecular formula is C19H29FN2O2S. The normalized spacial score (nSPS) is 22.0. The molecule has 0 atom stereocenters. The molecule has 25 heavy (non-hydrogen) atoms. The van der Waals surface area contributed by atoms with Gasteiger partial charge in [-0.3, -0.25) is 0 Å². The van der Waals surface area contributed by atoms with Gasteiger partial charge in [-0.15, -0.1) is 0 Å². The summed E-state index contributed by atoms with van der Waals surface area (Å²) in [6.45, 7) is 4.68. The molecule has 0 unspecified atom stereocenters. The minimum Gasteiger partial charge on any atom is -0.303 e. The molecule has 2 aliphatic rings. The third kappa shape index (κ3) is 5.50. The highest BCUT2D eigenvalue weighted by atomic mass is 32.2. The van der Waals surface area contributed by atoms with Gasteiger partial charge in [-0.25, -0.2) is 17.1 Å². The van der Waals surface area contributed by atoms with Crippen LogP contribution >= 0.6 is 0 Å². The number of sulfonamides is 1. The van der Waals surface area contributed by atoms with Crippen LogP contribution in [0.4, 0.5) is 4.39 Å². The smallest absolute Gasteiger partial charge is 0.218 e. The molecule has 0 bridgehead atoms. The molecule has 0 N–H and O–H groups in total. The van der Waals surface area contributed by atoms with Gasteiger partial charge in [0.15, 0.2) is 0 Å². The summed E-state index contributed by atoms with van der Waals surface area (Å²) in [5.74, 6) is 0.101. The molecule has 2 heterocycles. The number of rotatable bonds is 5. The fraction of sp³-hybridized carbons (Fsp3) is 0.684. The maximum Gasteiger partial charge on any atom is 0.218 e. The Morgan fingerprint density at radius 3 is 2.32 bits per heavy atom. The summed E-state index contributed by atoms with van der Waals surface area (Å²) in [5.41, 5.74) is 0.520. The minimum absolute atomic E-state index is 0.110. The summed E-state index contributed by atoms with van der Waals surface area (Å²) in [5, 5.41) is 0. The number of likely N-dealkylation sites (tertiary alicyclic amines) is 1. The van der Waals surface area contributed by atoms with E-state index < -0.39 is 10.0 Å². The Morgan fingerprint density at radius 1 is 1.00 bits per heavy atom. The van der Waals surface area contributed by atoms with Gasteiger partial charge >= 0.3 is 0 Å². The highest BCUT2D eigenvalue weighted by Crippen LogP contribution is 2.23. The third-order valence-corrected chi connectivity index (χ3v) is 7.27. The van der Waals surface area contributed by atoms with E-state index >= 15 is 0 Å². The SMILES string of the molecule is O=S(=O)(Cc1cccc(F)c1)N1CCC(CN2CCCCCC2)CC1. The van der Waals surface area contributed by atoms with Crippen LogP contribution in [0.5, 0.6) is 0 Å². The average Bonchev–Trinajstić information content (AvgIpc) is 2.84. The monoisotopic (exact) mass is 368 g/mol. The van der Waals surface area contributed by atoms with Gasteiger partial charge in [0.2, 0.25) is 10.0 Å².